The van der Waals surface area contributed by atoms with Gasteiger partial charge in [-0.05, 0) is 17.9 Å². The lowest BCUT2D eigenvalue weighted by Gasteiger charge is -2.23. The van der Waals surface area contributed by atoms with E-state index in [0.717, 1.165) is 5.56 Å². The van der Waals surface area contributed by atoms with Gasteiger partial charge in [-0.3, -0.25) is 0 Å². The van der Waals surface area contributed by atoms with Crippen LogP contribution in [0.5, 0.6) is 0 Å². The molecule has 0 fully saturated rings. The molecule has 0 radical (unpaired) electrons. The second-order valence-corrected chi connectivity index (χ2v) is 5.06. The quantitative estimate of drug-likeness (QED) is 0.835. The third kappa shape index (κ3) is 5.61. The molecule has 19 heavy (non-hydrogen) atoms. The Bertz CT molecular complexity index is 365. The summed E-state index contributed by atoms with van der Waals surface area (Å²) in [6, 6.07) is 9.13. The van der Waals surface area contributed by atoms with Gasteiger partial charge >= 0.3 is 6.18 Å². The van der Waals surface area contributed by atoms with Crippen molar-refractivity contribution in [3.8, 4) is 0 Å². The number of hydrogen-bond acceptors (Lipinski definition) is 2. The summed E-state index contributed by atoms with van der Waals surface area (Å²) in [7, 11) is 0. The molecule has 2 unspecified atom stereocenters. The molecule has 1 rings (SSSR count). The SMILES string of the molecule is CC(C)CC(NCC(O)C(F)(F)F)c1ccccc1. The smallest absolute Gasteiger partial charge is 0.382 e. The van der Waals surface area contributed by atoms with Crippen molar-refractivity contribution in [3.63, 3.8) is 0 Å². The molecule has 0 aliphatic rings. The Kier molecular flexibility index (Phi) is 5.82. The molecular weight excluding hydrogens is 255 g/mol. The first-order valence-corrected chi connectivity index (χ1v) is 6.33. The van der Waals surface area contributed by atoms with E-state index < -0.39 is 18.8 Å². The van der Waals surface area contributed by atoms with Crippen LogP contribution in [-0.4, -0.2) is 23.9 Å². The van der Waals surface area contributed by atoms with E-state index in [4.69, 9.17) is 5.11 Å². The highest BCUT2D eigenvalue weighted by molar-refractivity contribution is 5.18. The first-order valence-electron chi connectivity index (χ1n) is 6.33. The zero-order valence-corrected chi connectivity index (χ0v) is 11.1. The molecule has 0 aromatic heterocycles. The van der Waals surface area contributed by atoms with Crippen molar-refractivity contribution in [2.75, 3.05) is 6.54 Å². The van der Waals surface area contributed by atoms with Crippen LogP contribution in [0.2, 0.25) is 0 Å². The number of alkyl halides is 3. The molecule has 0 saturated carbocycles. The largest absolute Gasteiger partial charge is 0.415 e. The molecule has 0 spiro atoms. The average molecular weight is 275 g/mol. The molecule has 2 atom stereocenters. The predicted octanol–water partition coefficient (Wildman–Crippen LogP) is 3.29. The fourth-order valence-electron chi connectivity index (χ4n) is 1.86. The summed E-state index contributed by atoms with van der Waals surface area (Å²) in [5.41, 5.74) is 0.936. The lowest BCUT2D eigenvalue weighted by molar-refractivity contribution is -0.202. The minimum Gasteiger partial charge on any atom is -0.382 e. The van der Waals surface area contributed by atoms with E-state index in [-0.39, 0.29) is 6.04 Å². The normalized spacial score (nSPS) is 15.5. The minimum atomic E-state index is -4.58. The van der Waals surface area contributed by atoms with Gasteiger partial charge in [0.05, 0.1) is 0 Å². The molecule has 2 nitrogen and oxygen atoms in total. The maximum absolute atomic E-state index is 12.3. The third-order valence-corrected chi connectivity index (χ3v) is 2.84. The van der Waals surface area contributed by atoms with Gasteiger partial charge in [0.2, 0.25) is 0 Å². The summed E-state index contributed by atoms with van der Waals surface area (Å²) in [6.07, 6.45) is -6.19. The highest BCUT2D eigenvalue weighted by Gasteiger charge is 2.38. The van der Waals surface area contributed by atoms with Crippen molar-refractivity contribution in [1.29, 1.82) is 0 Å². The van der Waals surface area contributed by atoms with E-state index in [1.54, 1.807) is 0 Å². The lowest BCUT2D eigenvalue weighted by Crippen LogP contribution is -2.40. The van der Waals surface area contributed by atoms with Gasteiger partial charge in [0.1, 0.15) is 0 Å². The van der Waals surface area contributed by atoms with Crippen molar-refractivity contribution < 1.29 is 18.3 Å². The summed E-state index contributed by atoms with van der Waals surface area (Å²) >= 11 is 0. The van der Waals surface area contributed by atoms with Gasteiger partial charge in [-0.1, -0.05) is 44.2 Å². The van der Waals surface area contributed by atoms with Crippen LogP contribution >= 0.6 is 0 Å². The summed E-state index contributed by atoms with van der Waals surface area (Å²) in [5.74, 6) is 0.348. The topological polar surface area (TPSA) is 32.3 Å². The van der Waals surface area contributed by atoms with Crippen LogP contribution in [0.4, 0.5) is 13.2 Å². The van der Waals surface area contributed by atoms with Crippen LogP contribution in [0.1, 0.15) is 31.9 Å². The Morgan fingerprint density at radius 1 is 1.16 bits per heavy atom. The Hall–Kier alpha value is -1.07. The zero-order chi connectivity index (χ0) is 14.5. The Balaban J connectivity index is 2.66. The summed E-state index contributed by atoms with van der Waals surface area (Å²) in [4.78, 5) is 0. The first kappa shape index (κ1) is 16.0. The van der Waals surface area contributed by atoms with Gasteiger partial charge in [0.25, 0.3) is 0 Å². The van der Waals surface area contributed by atoms with E-state index in [1.165, 1.54) is 0 Å². The number of aliphatic hydroxyl groups excluding tert-OH is 1. The molecule has 108 valence electrons. The summed E-state index contributed by atoms with van der Waals surface area (Å²) < 4.78 is 36.8. The summed E-state index contributed by atoms with van der Waals surface area (Å²) in [6.45, 7) is 3.53. The summed E-state index contributed by atoms with van der Waals surface area (Å²) in [5, 5.41) is 11.8. The standard InChI is InChI=1S/C14H20F3NO/c1-10(2)8-12(11-6-4-3-5-7-11)18-9-13(19)14(15,16)17/h3-7,10,12-13,18-19H,8-9H2,1-2H3. The highest BCUT2D eigenvalue weighted by atomic mass is 19.4. The number of hydrogen-bond donors (Lipinski definition) is 2. The fourth-order valence-corrected chi connectivity index (χ4v) is 1.86. The Labute approximate surface area is 111 Å². The molecule has 0 amide bonds. The van der Waals surface area contributed by atoms with Gasteiger partial charge in [-0.25, -0.2) is 0 Å². The zero-order valence-electron chi connectivity index (χ0n) is 11.1. The van der Waals surface area contributed by atoms with E-state index in [9.17, 15) is 13.2 Å². The molecule has 0 aliphatic heterocycles. The van der Waals surface area contributed by atoms with E-state index >= 15 is 0 Å². The van der Waals surface area contributed by atoms with E-state index in [0.29, 0.717) is 12.3 Å². The van der Waals surface area contributed by atoms with E-state index in [1.807, 2.05) is 44.2 Å². The van der Waals surface area contributed by atoms with Crippen molar-refractivity contribution in [2.45, 2.75) is 38.6 Å². The number of rotatable bonds is 6. The predicted molar refractivity (Wildman–Crippen MR) is 68.7 cm³/mol. The van der Waals surface area contributed by atoms with Crippen molar-refractivity contribution >= 4 is 0 Å². The van der Waals surface area contributed by atoms with Crippen molar-refractivity contribution in [2.24, 2.45) is 5.92 Å². The molecule has 1 aromatic rings. The first-order chi connectivity index (χ1) is 8.80. The van der Waals surface area contributed by atoms with Crippen LogP contribution in [0.15, 0.2) is 30.3 Å². The minimum absolute atomic E-state index is 0.182. The van der Waals surface area contributed by atoms with Crippen LogP contribution < -0.4 is 5.32 Å². The molecule has 0 heterocycles. The number of nitrogens with one attached hydrogen (secondary N) is 1. The van der Waals surface area contributed by atoms with Crippen LogP contribution in [0.3, 0.4) is 0 Å². The molecule has 5 heteroatoms. The highest BCUT2D eigenvalue weighted by Crippen LogP contribution is 2.23. The van der Waals surface area contributed by atoms with E-state index in [2.05, 4.69) is 5.32 Å². The molecule has 1 aromatic carbocycles. The third-order valence-electron chi connectivity index (χ3n) is 2.84. The second-order valence-electron chi connectivity index (χ2n) is 5.06. The Morgan fingerprint density at radius 2 is 1.74 bits per heavy atom. The van der Waals surface area contributed by atoms with Gasteiger partial charge < -0.3 is 10.4 Å². The van der Waals surface area contributed by atoms with Crippen LogP contribution in [-0.2, 0) is 0 Å². The van der Waals surface area contributed by atoms with Gasteiger partial charge in [0.15, 0.2) is 6.10 Å². The second kappa shape index (κ2) is 6.91. The monoisotopic (exact) mass is 275 g/mol. The van der Waals surface area contributed by atoms with Crippen molar-refractivity contribution in [1.82, 2.24) is 5.32 Å². The van der Waals surface area contributed by atoms with Crippen LogP contribution in [0.25, 0.3) is 0 Å². The number of aliphatic hydroxyl groups is 1. The van der Waals surface area contributed by atoms with Gasteiger partial charge in [-0.2, -0.15) is 13.2 Å². The molecule has 0 aliphatic carbocycles. The van der Waals surface area contributed by atoms with Gasteiger partial charge in [0, 0.05) is 12.6 Å². The Morgan fingerprint density at radius 3 is 2.21 bits per heavy atom. The van der Waals surface area contributed by atoms with Crippen LogP contribution in [0, 0.1) is 5.92 Å². The average Bonchev–Trinajstić information content (AvgIpc) is 2.33. The number of halogens is 3. The number of benzene rings is 1. The fraction of sp³-hybridized carbons (Fsp3) is 0.571. The molecule has 0 saturated heterocycles. The maximum atomic E-state index is 12.3. The lowest BCUT2D eigenvalue weighted by atomic mass is 9.97. The molecule has 2 N–H and O–H groups in total. The van der Waals surface area contributed by atoms with Gasteiger partial charge in [-0.15, -0.1) is 0 Å². The van der Waals surface area contributed by atoms with Crippen molar-refractivity contribution in [3.05, 3.63) is 35.9 Å². The maximum Gasteiger partial charge on any atom is 0.415 e. The molecule has 0 bridgehead atoms. The molecular formula is C14H20F3NO.